The highest BCUT2D eigenvalue weighted by molar-refractivity contribution is 5.76. The Kier molecular flexibility index (Phi) is 6.29. The zero-order valence-corrected chi connectivity index (χ0v) is 15.8. The molecule has 2 atom stereocenters. The highest BCUT2D eigenvalue weighted by Crippen LogP contribution is 2.31. The van der Waals surface area contributed by atoms with Crippen LogP contribution >= 0.6 is 0 Å². The predicted molar refractivity (Wildman–Crippen MR) is 100 cm³/mol. The van der Waals surface area contributed by atoms with Crippen molar-refractivity contribution in [3.63, 3.8) is 0 Å². The van der Waals surface area contributed by atoms with E-state index in [0.29, 0.717) is 13.1 Å². The molecule has 0 saturated carbocycles. The third-order valence-corrected chi connectivity index (χ3v) is 5.09. The molecule has 1 saturated heterocycles. The summed E-state index contributed by atoms with van der Waals surface area (Å²) in [6.07, 6.45) is 2.09. The van der Waals surface area contributed by atoms with Gasteiger partial charge in [0.25, 0.3) is 5.91 Å². The summed E-state index contributed by atoms with van der Waals surface area (Å²) in [5.74, 6) is 1.27. The van der Waals surface area contributed by atoms with Crippen LogP contribution in [0.1, 0.15) is 30.0 Å². The van der Waals surface area contributed by atoms with Crippen molar-refractivity contribution in [3.05, 3.63) is 59.4 Å². The number of benzene rings is 2. The number of carbonyl (C=O) groups excluding carboxylic acids is 1. The summed E-state index contributed by atoms with van der Waals surface area (Å²) in [4.78, 5) is 13.6. The molecule has 0 radical (unpaired) electrons. The summed E-state index contributed by atoms with van der Waals surface area (Å²) >= 11 is 0. The number of quaternary nitrogens is 1. The van der Waals surface area contributed by atoms with Crippen LogP contribution in [-0.2, 0) is 11.3 Å². The second-order valence-electron chi connectivity index (χ2n) is 6.79. The first-order chi connectivity index (χ1) is 13.1. The van der Waals surface area contributed by atoms with Crippen molar-refractivity contribution in [3.8, 4) is 11.5 Å². The first kappa shape index (κ1) is 19.2. The maximum Gasteiger partial charge on any atom is 0.275 e. The molecule has 0 aromatic heterocycles. The molecule has 6 heteroatoms. The molecule has 144 valence electrons. The van der Waals surface area contributed by atoms with Crippen molar-refractivity contribution in [1.29, 1.82) is 0 Å². The van der Waals surface area contributed by atoms with Crippen molar-refractivity contribution in [2.75, 3.05) is 27.3 Å². The Balaban J connectivity index is 1.62. The van der Waals surface area contributed by atoms with Gasteiger partial charge in [-0.3, -0.25) is 4.79 Å². The number of methoxy groups -OCH3 is 2. The zero-order valence-electron chi connectivity index (χ0n) is 15.8. The smallest absolute Gasteiger partial charge is 0.275 e. The van der Waals surface area contributed by atoms with Gasteiger partial charge < -0.3 is 19.7 Å². The number of nitrogens with one attached hydrogen (secondary N) is 2. The monoisotopic (exact) mass is 373 g/mol. The topological polar surface area (TPSA) is 52.0 Å². The number of hydrogen-bond acceptors (Lipinski definition) is 3. The summed E-state index contributed by atoms with van der Waals surface area (Å²) in [6.45, 7) is 1.76. The first-order valence-corrected chi connectivity index (χ1v) is 9.18. The van der Waals surface area contributed by atoms with Gasteiger partial charge in [-0.1, -0.05) is 12.1 Å². The van der Waals surface area contributed by atoms with Crippen molar-refractivity contribution in [2.45, 2.75) is 25.4 Å². The molecule has 1 unspecified atom stereocenters. The van der Waals surface area contributed by atoms with Crippen LogP contribution in [0.3, 0.4) is 0 Å². The van der Waals surface area contributed by atoms with Gasteiger partial charge in [0.1, 0.15) is 23.4 Å². The van der Waals surface area contributed by atoms with E-state index in [1.807, 2.05) is 18.2 Å². The minimum Gasteiger partial charge on any atom is -0.497 e. The van der Waals surface area contributed by atoms with Gasteiger partial charge >= 0.3 is 0 Å². The molecular formula is C21H26FN2O3+. The summed E-state index contributed by atoms with van der Waals surface area (Å²) < 4.78 is 23.8. The SMILES string of the molecule is COc1ccc([C@@H]2CCC[NH+]2CC(=O)NCc2ccc(F)cc2)c(OC)c1. The van der Waals surface area contributed by atoms with Crippen molar-refractivity contribution >= 4 is 5.91 Å². The Bertz CT molecular complexity index is 779. The Morgan fingerprint density at radius 3 is 2.67 bits per heavy atom. The standard InChI is InChI=1S/C21H25FN2O3/c1-26-17-9-10-18(20(12-17)27-2)19-4-3-11-24(19)14-21(25)23-13-15-5-7-16(22)8-6-15/h5-10,12,19H,3-4,11,13-14H2,1-2H3,(H,23,25)/p+1/t19-/m0/s1. The Morgan fingerprint density at radius 2 is 1.96 bits per heavy atom. The molecule has 27 heavy (non-hydrogen) atoms. The van der Waals surface area contributed by atoms with Crippen LogP contribution in [0, 0.1) is 5.82 Å². The summed E-state index contributed by atoms with van der Waals surface area (Å²) in [7, 11) is 3.29. The van der Waals surface area contributed by atoms with Gasteiger partial charge in [0.05, 0.1) is 26.3 Å². The van der Waals surface area contributed by atoms with E-state index in [2.05, 4.69) is 5.32 Å². The van der Waals surface area contributed by atoms with Gasteiger partial charge in [-0.25, -0.2) is 4.39 Å². The number of hydrogen-bond donors (Lipinski definition) is 2. The molecule has 3 rings (SSSR count). The molecule has 2 aromatic rings. The maximum absolute atomic E-state index is 13.0. The van der Waals surface area contributed by atoms with Crippen LogP contribution in [-0.4, -0.2) is 33.2 Å². The third-order valence-electron chi connectivity index (χ3n) is 5.09. The molecular weight excluding hydrogens is 347 g/mol. The van der Waals surface area contributed by atoms with E-state index in [9.17, 15) is 9.18 Å². The first-order valence-electron chi connectivity index (χ1n) is 9.18. The molecule has 0 aliphatic carbocycles. The summed E-state index contributed by atoms with van der Waals surface area (Å²) in [5, 5.41) is 2.93. The Morgan fingerprint density at radius 1 is 1.19 bits per heavy atom. The molecule has 0 spiro atoms. The van der Waals surface area contributed by atoms with Crippen LogP contribution in [0.15, 0.2) is 42.5 Å². The van der Waals surface area contributed by atoms with E-state index in [4.69, 9.17) is 9.47 Å². The highest BCUT2D eigenvalue weighted by Gasteiger charge is 2.33. The normalized spacial score (nSPS) is 18.9. The van der Waals surface area contributed by atoms with E-state index in [1.54, 1.807) is 26.4 Å². The third kappa shape index (κ3) is 4.77. The lowest BCUT2D eigenvalue weighted by Gasteiger charge is -2.23. The highest BCUT2D eigenvalue weighted by atomic mass is 19.1. The quantitative estimate of drug-likeness (QED) is 0.779. The Hall–Kier alpha value is -2.60. The molecule has 0 bridgehead atoms. The Labute approximate surface area is 159 Å². The number of rotatable bonds is 7. The van der Waals surface area contributed by atoms with E-state index < -0.39 is 0 Å². The molecule has 1 aliphatic rings. The minimum absolute atomic E-state index is 0.00583. The molecule has 1 amide bonds. The predicted octanol–water partition coefficient (Wildman–Crippen LogP) is 1.88. The molecule has 2 N–H and O–H groups in total. The van der Waals surface area contributed by atoms with Crippen LogP contribution < -0.4 is 19.7 Å². The van der Waals surface area contributed by atoms with Crippen LogP contribution in [0.25, 0.3) is 0 Å². The van der Waals surface area contributed by atoms with Gasteiger partial charge in [-0.05, 0) is 29.8 Å². The van der Waals surface area contributed by atoms with Crippen molar-refractivity contribution in [1.82, 2.24) is 5.32 Å². The van der Waals surface area contributed by atoms with E-state index in [0.717, 1.165) is 42.0 Å². The fourth-order valence-corrected chi connectivity index (χ4v) is 3.68. The summed E-state index contributed by atoms with van der Waals surface area (Å²) in [6, 6.07) is 12.2. The van der Waals surface area contributed by atoms with Gasteiger partial charge in [-0.2, -0.15) is 0 Å². The number of carbonyl (C=O) groups is 1. The number of amides is 1. The van der Waals surface area contributed by atoms with E-state index in [-0.39, 0.29) is 17.8 Å². The number of likely N-dealkylation sites (tertiary alicyclic amines) is 1. The molecule has 1 aliphatic heterocycles. The number of halogens is 1. The molecule has 2 aromatic carbocycles. The van der Waals surface area contributed by atoms with Crippen LogP contribution in [0.4, 0.5) is 4.39 Å². The van der Waals surface area contributed by atoms with E-state index >= 15 is 0 Å². The summed E-state index contributed by atoms with van der Waals surface area (Å²) in [5.41, 5.74) is 1.99. The molecule has 5 nitrogen and oxygen atoms in total. The lowest BCUT2D eigenvalue weighted by Crippen LogP contribution is -3.11. The van der Waals surface area contributed by atoms with Gasteiger partial charge in [0.15, 0.2) is 6.54 Å². The number of ether oxygens (including phenoxy) is 2. The maximum atomic E-state index is 13.0. The van der Waals surface area contributed by atoms with Crippen molar-refractivity contribution in [2.24, 2.45) is 0 Å². The van der Waals surface area contributed by atoms with Crippen LogP contribution in [0.5, 0.6) is 11.5 Å². The largest absolute Gasteiger partial charge is 0.497 e. The lowest BCUT2D eigenvalue weighted by molar-refractivity contribution is -0.910. The average Bonchev–Trinajstić information content (AvgIpc) is 3.14. The van der Waals surface area contributed by atoms with Gasteiger partial charge in [0, 0.05) is 25.5 Å². The second-order valence-corrected chi connectivity index (χ2v) is 6.79. The lowest BCUT2D eigenvalue weighted by atomic mass is 10.0. The van der Waals surface area contributed by atoms with Crippen LogP contribution in [0.2, 0.25) is 0 Å². The van der Waals surface area contributed by atoms with Gasteiger partial charge in [-0.15, -0.1) is 0 Å². The van der Waals surface area contributed by atoms with Crippen molar-refractivity contribution < 1.29 is 23.6 Å². The zero-order chi connectivity index (χ0) is 19.2. The molecule has 1 fully saturated rings. The fourth-order valence-electron chi connectivity index (χ4n) is 3.68. The fraction of sp³-hybridized carbons (Fsp3) is 0.381. The minimum atomic E-state index is -0.275. The van der Waals surface area contributed by atoms with Gasteiger partial charge in [0.2, 0.25) is 0 Å². The molecule has 1 heterocycles. The van der Waals surface area contributed by atoms with E-state index in [1.165, 1.54) is 17.0 Å². The average molecular weight is 373 g/mol. The second kappa shape index (κ2) is 8.86.